The number of carbonyl (C=O) groups is 1. The molecule has 0 spiro atoms. The van der Waals surface area contributed by atoms with Gasteiger partial charge in [0.2, 0.25) is 6.29 Å². The number of aryl methyl sites for hydroxylation is 1. The number of nitro groups is 1. The molecule has 56 heavy (non-hydrogen) atoms. The Hall–Kier alpha value is -3.94. The van der Waals surface area contributed by atoms with E-state index >= 15 is 0 Å². The predicted octanol–water partition coefficient (Wildman–Crippen LogP) is 5.86. The number of nitrogens with zero attached hydrogens (tertiary/aromatic N) is 1. The molecule has 0 bridgehead atoms. The minimum atomic E-state index is -4.14. The van der Waals surface area contributed by atoms with Crippen molar-refractivity contribution in [1.29, 1.82) is 0 Å². The molecular formula is C39H51NO14SSi. The maximum Gasteiger partial charge on any atom is 0.338 e. The first-order valence-corrected chi connectivity index (χ1v) is 23.9. The van der Waals surface area contributed by atoms with Crippen molar-refractivity contribution in [2.45, 2.75) is 108 Å². The van der Waals surface area contributed by atoms with Crippen LogP contribution in [0.2, 0.25) is 25.7 Å². The number of nitro benzene ring substituents is 1. The van der Waals surface area contributed by atoms with Crippen molar-refractivity contribution in [3.63, 3.8) is 0 Å². The number of esters is 1. The summed E-state index contributed by atoms with van der Waals surface area (Å²) in [5, 5.41) is 22.0. The molecule has 8 atom stereocenters. The topological polar surface area (TPSA) is 188 Å². The van der Waals surface area contributed by atoms with Gasteiger partial charge >= 0.3 is 5.97 Å². The Bertz CT molecular complexity index is 1810. The second kappa shape index (κ2) is 19.5. The Morgan fingerprint density at radius 3 is 2.18 bits per heavy atom. The summed E-state index contributed by atoms with van der Waals surface area (Å²) in [6, 6.07) is 22.1. The summed E-state index contributed by atoms with van der Waals surface area (Å²) in [4.78, 5) is 23.6. The second-order valence-corrected chi connectivity index (χ2v) is 22.4. The fourth-order valence-electron chi connectivity index (χ4n) is 6.14. The molecular weight excluding hydrogens is 767 g/mol. The molecule has 2 aliphatic rings. The Morgan fingerprint density at radius 1 is 0.893 bits per heavy atom. The SMILES string of the molecule is C[C@H]1O[C@@H](Oc2ccc(OCOCC[Si](C)(C)C)cc2)C[C@@H](O[C@H]2C[C@@H](O)[C@H](OS(=O)(=O)CCc3ccc([N+](=O)[O-])cc3)[C@@H](C)O2)[C@@H]1OC(=O)c1ccccc1. The van der Waals surface area contributed by atoms with Gasteiger partial charge in [-0.2, -0.15) is 8.42 Å². The third-order valence-corrected chi connectivity index (χ3v) is 12.2. The normalized spacial score (nSPS) is 25.6. The summed E-state index contributed by atoms with van der Waals surface area (Å²) in [7, 11) is -5.34. The Morgan fingerprint density at radius 2 is 1.54 bits per heavy atom. The standard InChI is InChI=1S/C39H51NO14SSi/c1-26-37(54-55(45,46)21-19-28-11-13-30(14-12-28)40(43)44)33(41)23-35(49-26)52-34-24-36(50-27(2)38(34)53-39(42)29-9-7-6-8-10-29)51-32-17-15-31(16-18-32)48-25-47-20-22-56(3,4)5/h6-18,26-27,33-38,41H,19-25H2,1-5H3/t26-,27-,33-,34-,35+,36+,37-,38-/m1/s1. The minimum absolute atomic E-state index is 0.0458. The summed E-state index contributed by atoms with van der Waals surface area (Å²) in [6.07, 6.45) is -7.68. The molecule has 0 aromatic heterocycles. The lowest BCUT2D eigenvalue weighted by molar-refractivity contribution is -0.384. The summed E-state index contributed by atoms with van der Waals surface area (Å²) in [6.45, 7) is 10.9. The van der Waals surface area contributed by atoms with Crippen LogP contribution in [0.1, 0.15) is 42.6 Å². The van der Waals surface area contributed by atoms with Crippen LogP contribution in [-0.4, -0.2) is 101 Å². The monoisotopic (exact) mass is 817 g/mol. The maximum absolute atomic E-state index is 13.2. The molecule has 306 valence electrons. The van der Waals surface area contributed by atoms with E-state index in [2.05, 4.69) is 19.6 Å². The molecule has 0 saturated carbocycles. The lowest BCUT2D eigenvalue weighted by Gasteiger charge is -2.43. The lowest BCUT2D eigenvalue weighted by atomic mass is 10.00. The molecule has 17 heteroatoms. The van der Waals surface area contributed by atoms with E-state index in [1.54, 1.807) is 68.4 Å². The van der Waals surface area contributed by atoms with Crippen LogP contribution in [0.4, 0.5) is 5.69 Å². The first-order chi connectivity index (χ1) is 26.5. The fraction of sp³-hybridized carbons (Fsp3) is 0.513. The Labute approximate surface area is 328 Å². The van der Waals surface area contributed by atoms with Crippen LogP contribution in [0, 0.1) is 10.1 Å². The van der Waals surface area contributed by atoms with Crippen molar-refractivity contribution in [3.8, 4) is 11.5 Å². The number of non-ortho nitro benzene ring substituents is 1. The lowest BCUT2D eigenvalue weighted by Crippen LogP contribution is -2.55. The molecule has 0 unspecified atom stereocenters. The van der Waals surface area contributed by atoms with E-state index in [4.69, 9.17) is 37.3 Å². The van der Waals surface area contributed by atoms with Crippen LogP contribution in [0.5, 0.6) is 11.5 Å². The zero-order chi connectivity index (χ0) is 40.5. The van der Waals surface area contributed by atoms with Gasteiger partial charge in [0.15, 0.2) is 19.2 Å². The minimum Gasteiger partial charge on any atom is -0.468 e. The first-order valence-electron chi connectivity index (χ1n) is 18.6. The number of aliphatic hydroxyl groups is 1. The number of hydrogen-bond donors (Lipinski definition) is 1. The van der Waals surface area contributed by atoms with E-state index < -0.39 is 84.0 Å². The average molecular weight is 818 g/mol. The van der Waals surface area contributed by atoms with E-state index in [0.717, 1.165) is 6.04 Å². The molecule has 0 radical (unpaired) electrons. The van der Waals surface area contributed by atoms with E-state index in [1.807, 2.05) is 0 Å². The first kappa shape index (κ1) is 43.2. The number of aliphatic hydroxyl groups excluding tert-OH is 1. The zero-order valence-electron chi connectivity index (χ0n) is 32.2. The van der Waals surface area contributed by atoms with Gasteiger partial charge in [-0.15, -0.1) is 0 Å². The summed E-state index contributed by atoms with van der Waals surface area (Å²) >= 11 is 0. The molecule has 3 aromatic rings. The Balaban J connectivity index is 1.20. The van der Waals surface area contributed by atoms with Gasteiger partial charge in [0.25, 0.3) is 15.8 Å². The quantitative estimate of drug-likeness (QED) is 0.0306. The van der Waals surface area contributed by atoms with E-state index in [-0.39, 0.29) is 31.7 Å². The number of hydrogen-bond acceptors (Lipinski definition) is 14. The molecule has 15 nitrogen and oxygen atoms in total. The van der Waals surface area contributed by atoms with Gasteiger partial charge in [0.05, 0.1) is 34.6 Å². The predicted molar refractivity (Wildman–Crippen MR) is 207 cm³/mol. The van der Waals surface area contributed by atoms with E-state index in [0.29, 0.717) is 29.2 Å². The highest BCUT2D eigenvalue weighted by atomic mass is 32.2. The van der Waals surface area contributed by atoms with Crippen molar-refractivity contribution in [1.82, 2.24) is 0 Å². The largest absolute Gasteiger partial charge is 0.468 e. The van der Waals surface area contributed by atoms with Gasteiger partial charge in [0.1, 0.15) is 23.7 Å². The fourth-order valence-corrected chi connectivity index (χ4v) is 8.11. The van der Waals surface area contributed by atoms with Crippen LogP contribution in [0.3, 0.4) is 0 Å². The van der Waals surface area contributed by atoms with Crippen molar-refractivity contribution < 1.29 is 60.6 Å². The highest BCUT2D eigenvalue weighted by molar-refractivity contribution is 7.86. The van der Waals surface area contributed by atoms with Crippen LogP contribution >= 0.6 is 0 Å². The van der Waals surface area contributed by atoms with Crippen molar-refractivity contribution in [2.75, 3.05) is 19.2 Å². The van der Waals surface area contributed by atoms with Crippen LogP contribution in [-0.2, 0) is 44.4 Å². The smallest absolute Gasteiger partial charge is 0.338 e. The summed E-state index contributed by atoms with van der Waals surface area (Å²) < 4.78 is 73.3. The molecule has 2 heterocycles. The van der Waals surface area contributed by atoms with Crippen LogP contribution < -0.4 is 9.47 Å². The van der Waals surface area contributed by atoms with Gasteiger partial charge < -0.3 is 38.3 Å². The summed E-state index contributed by atoms with van der Waals surface area (Å²) in [5.41, 5.74) is 0.804. The van der Waals surface area contributed by atoms with Crippen molar-refractivity contribution in [2.24, 2.45) is 0 Å². The van der Waals surface area contributed by atoms with Gasteiger partial charge in [0, 0.05) is 39.7 Å². The van der Waals surface area contributed by atoms with Crippen LogP contribution in [0.15, 0.2) is 78.9 Å². The number of ether oxygens (including phenoxy) is 7. The average Bonchev–Trinajstić information content (AvgIpc) is 3.14. The molecule has 0 amide bonds. The molecule has 1 N–H and O–H groups in total. The van der Waals surface area contributed by atoms with Crippen molar-refractivity contribution in [3.05, 3.63) is 100 Å². The van der Waals surface area contributed by atoms with E-state index in [1.165, 1.54) is 24.3 Å². The molecule has 3 aromatic carbocycles. The third kappa shape index (κ3) is 13.1. The molecule has 5 rings (SSSR count). The third-order valence-electron chi connectivity index (χ3n) is 9.28. The second-order valence-electron chi connectivity index (χ2n) is 15.1. The van der Waals surface area contributed by atoms with E-state index in [9.17, 15) is 28.4 Å². The summed E-state index contributed by atoms with van der Waals surface area (Å²) in [5.74, 6) is 0.114. The molecule has 2 saturated heterocycles. The van der Waals surface area contributed by atoms with Gasteiger partial charge in [-0.3, -0.25) is 14.3 Å². The number of carbonyl (C=O) groups excluding carboxylic acids is 1. The molecule has 0 aliphatic carbocycles. The molecule has 2 aliphatic heterocycles. The van der Waals surface area contributed by atoms with Crippen molar-refractivity contribution >= 4 is 29.8 Å². The zero-order valence-corrected chi connectivity index (χ0v) is 34.0. The van der Waals surface area contributed by atoms with Gasteiger partial charge in [-0.25, -0.2) is 4.79 Å². The number of benzene rings is 3. The number of rotatable bonds is 18. The Kier molecular flexibility index (Phi) is 15.0. The highest BCUT2D eigenvalue weighted by Crippen LogP contribution is 2.33. The van der Waals surface area contributed by atoms with Gasteiger partial charge in [-0.05, 0) is 68.3 Å². The maximum atomic E-state index is 13.2. The van der Waals surface area contributed by atoms with Gasteiger partial charge in [-0.1, -0.05) is 50.0 Å². The van der Waals surface area contributed by atoms with Crippen LogP contribution in [0.25, 0.3) is 0 Å². The molecule has 2 fully saturated rings. The highest BCUT2D eigenvalue weighted by Gasteiger charge is 2.45.